The van der Waals surface area contributed by atoms with Gasteiger partial charge in [0.2, 0.25) is 0 Å². The zero-order valence-corrected chi connectivity index (χ0v) is 24.5. The van der Waals surface area contributed by atoms with Crippen molar-refractivity contribution in [3.05, 3.63) is 79.1 Å². The lowest BCUT2D eigenvalue weighted by atomic mass is 9.95. The number of aryl methyl sites for hydroxylation is 1. The third kappa shape index (κ3) is 6.97. The van der Waals surface area contributed by atoms with E-state index in [1.54, 1.807) is 43.3 Å². The van der Waals surface area contributed by atoms with E-state index in [0.717, 1.165) is 41.7 Å². The fourth-order valence-corrected chi connectivity index (χ4v) is 6.09. The molecule has 1 aromatic heterocycles. The minimum Gasteiger partial charge on any atom is -0.490 e. The summed E-state index contributed by atoms with van der Waals surface area (Å²) in [5.74, 6) is -0.135. The van der Waals surface area contributed by atoms with Gasteiger partial charge < -0.3 is 19.5 Å². The van der Waals surface area contributed by atoms with Crippen molar-refractivity contribution >= 4 is 57.5 Å². The summed E-state index contributed by atoms with van der Waals surface area (Å²) in [6, 6.07) is 12.3. The number of fused-ring (bicyclic) bond motifs is 1. The summed E-state index contributed by atoms with van der Waals surface area (Å²) in [6.45, 7) is 4.40. The quantitative estimate of drug-likeness (QED) is 0.146. The van der Waals surface area contributed by atoms with Crippen LogP contribution >= 0.6 is 34.5 Å². The number of halogens is 2. The number of ether oxygens (including phenoxy) is 3. The lowest BCUT2D eigenvalue weighted by Gasteiger charge is -2.13. The van der Waals surface area contributed by atoms with Gasteiger partial charge in [0.15, 0.2) is 11.5 Å². The third-order valence-corrected chi connectivity index (χ3v) is 8.01. The normalized spacial score (nSPS) is 12.7. The summed E-state index contributed by atoms with van der Waals surface area (Å²) in [6.07, 6.45) is 5.08. The standard InChI is InChI=1S/C30H28Cl2N2O5S/c1-3-37-25-14-18(9-12-24(25)39-17-19-10-11-21(31)15-23(19)32)13-20(16-33)28(35)34-29-27(30(36)38-4-2)22-7-5-6-8-26(22)40-29/h9-15H,3-8,17H2,1-2H3,(H,34,35)/b20-13+. The Hall–Kier alpha value is -3.51. The topological polar surface area (TPSA) is 97.7 Å². The first-order chi connectivity index (χ1) is 19.3. The van der Waals surface area contributed by atoms with Crippen molar-refractivity contribution in [3.63, 3.8) is 0 Å². The third-order valence-electron chi connectivity index (χ3n) is 6.22. The molecule has 0 bridgehead atoms. The first-order valence-electron chi connectivity index (χ1n) is 12.9. The summed E-state index contributed by atoms with van der Waals surface area (Å²) in [4.78, 5) is 27.0. The van der Waals surface area contributed by atoms with Crippen LogP contribution in [0.25, 0.3) is 6.08 Å². The largest absolute Gasteiger partial charge is 0.490 e. The highest BCUT2D eigenvalue weighted by atomic mass is 35.5. The molecule has 0 saturated carbocycles. The second-order valence-corrected chi connectivity index (χ2v) is 10.9. The molecule has 4 rings (SSSR count). The number of nitrogens with zero attached hydrogens (tertiary/aromatic N) is 1. The van der Waals surface area contributed by atoms with Crippen LogP contribution in [0.1, 0.15) is 58.6 Å². The number of amides is 1. The molecular weight excluding hydrogens is 571 g/mol. The number of carbonyl (C=O) groups is 2. The van der Waals surface area contributed by atoms with Gasteiger partial charge in [0.25, 0.3) is 5.91 Å². The predicted octanol–water partition coefficient (Wildman–Crippen LogP) is 7.63. The molecule has 3 aromatic rings. The number of benzene rings is 2. The molecule has 208 valence electrons. The molecule has 0 fully saturated rings. The number of rotatable bonds is 10. The van der Waals surface area contributed by atoms with Crippen LogP contribution in [0.15, 0.2) is 42.0 Å². The minimum absolute atomic E-state index is 0.120. The van der Waals surface area contributed by atoms with Gasteiger partial charge in [0, 0.05) is 20.5 Å². The molecule has 0 spiro atoms. The molecule has 0 unspecified atom stereocenters. The highest BCUT2D eigenvalue weighted by molar-refractivity contribution is 7.17. The Labute approximate surface area is 247 Å². The first kappa shape index (κ1) is 29.5. The predicted molar refractivity (Wildman–Crippen MR) is 158 cm³/mol. The summed E-state index contributed by atoms with van der Waals surface area (Å²) >= 11 is 13.6. The number of carbonyl (C=O) groups excluding carboxylic acids is 2. The molecule has 10 heteroatoms. The summed E-state index contributed by atoms with van der Waals surface area (Å²) in [7, 11) is 0. The highest BCUT2D eigenvalue weighted by Crippen LogP contribution is 2.39. The molecule has 0 atom stereocenters. The zero-order valence-electron chi connectivity index (χ0n) is 22.1. The number of hydrogen-bond donors (Lipinski definition) is 1. The Morgan fingerprint density at radius 1 is 1.05 bits per heavy atom. The van der Waals surface area contributed by atoms with Crippen molar-refractivity contribution in [3.8, 4) is 17.6 Å². The van der Waals surface area contributed by atoms with Crippen LogP contribution in [0, 0.1) is 11.3 Å². The smallest absolute Gasteiger partial charge is 0.341 e. The number of esters is 1. The molecule has 40 heavy (non-hydrogen) atoms. The van der Waals surface area contributed by atoms with Crippen molar-refractivity contribution < 1.29 is 23.8 Å². The molecule has 1 aliphatic rings. The van der Waals surface area contributed by atoms with Crippen LogP contribution in [-0.4, -0.2) is 25.1 Å². The van der Waals surface area contributed by atoms with Gasteiger partial charge in [-0.1, -0.05) is 35.3 Å². The number of nitrogens with one attached hydrogen (secondary N) is 1. The molecular formula is C30H28Cl2N2O5S. The van der Waals surface area contributed by atoms with Gasteiger partial charge >= 0.3 is 5.97 Å². The van der Waals surface area contributed by atoms with Crippen LogP contribution in [-0.2, 0) is 29.0 Å². The molecule has 1 aliphatic carbocycles. The van der Waals surface area contributed by atoms with Gasteiger partial charge in [0.1, 0.15) is 23.3 Å². The lowest BCUT2D eigenvalue weighted by Crippen LogP contribution is -2.16. The Morgan fingerprint density at radius 3 is 2.58 bits per heavy atom. The second kappa shape index (κ2) is 13.7. The second-order valence-electron chi connectivity index (χ2n) is 8.92. The minimum atomic E-state index is -0.609. The van der Waals surface area contributed by atoms with Crippen LogP contribution in [0.2, 0.25) is 10.0 Å². The molecule has 1 heterocycles. The van der Waals surface area contributed by atoms with Gasteiger partial charge in [-0.25, -0.2) is 4.79 Å². The average molecular weight is 600 g/mol. The molecule has 0 saturated heterocycles. The van der Waals surface area contributed by atoms with E-state index in [-0.39, 0.29) is 18.8 Å². The van der Waals surface area contributed by atoms with E-state index in [9.17, 15) is 14.9 Å². The Bertz CT molecular complexity index is 1490. The Balaban J connectivity index is 1.56. The van der Waals surface area contributed by atoms with Crippen molar-refractivity contribution in [2.75, 3.05) is 18.5 Å². The van der Waals surface area contributed by atoms with E-state index in [1.165, 1.54) is 17.4 Å². The first-order valence-corrected chi connectivity index (χ1v) is 14.5. The van der Waals surface area contributed by atoms with E-state index >= 15 is 0 Å². The Kier molecular flexibility index (Phi) is 10.1. The van der Waals surface area contributed by atoms with E-state index in [0.29, 0.717) is 44.3 Å². The van der Waals surface area contributed by atoms with Gasteiger partial charge in [-0.3, -0.25) is 4.79 Å². The van der Waals surface area contributed by atoms with Crippen LogP contribution in [0.4, 0.5) is 5.00 Å². The monoisotopic (exact) mass is 598 g/mol. The van der Waals surface area contributed by atoms with Crippen molar-refractivity contribution in [2.45, 2.75) is 46.1 Å². The highest BCUT2D eigenvalue weighted by Gasteiger charge is 2.28. The molecule has 1 N–H and O–H groups in total. The van der Waals surface area contributed by atoms with Crippen LogP contribution in [0.5, 0.6) is 11.5 Å². The zero-order chi connectivity index (χ0) is 28.6. The molecule has 0 radical (unpaired) electrons. The van der Waals surface area contributed by atoms with Crippen LogP contribution in [0.3, 0.4) is 0 Å². The molecule has 2 aromatic carbocycles. The maximum atomic E-state index is 13.2. The van der Waals surface area contributed by atoms with Crippen molar-refractivity contribution in [1.29, 1.82) is 5.26 Å². The number of nitriles is 1. The van der Waals surface area contributed by atoms with E-state index < -0.39 is 11.9 Å². The maximum absolute atomic E-state index is 13.2. The molecule has 7 nitrogen and oxygen atoms in total. The fraction of sp³-hybridized carbons (Fsp3) is 0.300. The summed E-state index contributed by atoms with van der Waals surface area (Å²) < 4.78 is 17.0. The van der Waals surface area contributed by atoms with Crippen LogP contribution < -0.4 is 14.8 Å². The SMILES string of the molecule is CCOC(=O)c1c(NC(=O)/C(C#N)=C/c2ccc(OCc3ccc(Cl)cc3Cl)c(OCC)c2)sc2c1CCCC2. The fourth-order valence-electron chi connectivity index (χ4n) is 4.36. The summed E-state index contributed by atoms with van der Waals surface area (Å²) in [5, 5.41) is 14.0. The van der Waals surface area contributed by atoms with E-state index in [2.05, 4.69) is 5.32 Å². The Morgan fingerprint density at radius 2 is 1.85 bits per heavy atom. The molecule has 1 amide bonds. The number of hydrogen-bond acceptors (Lipinski definition) is 7. The van der Waals surface area contributed by atoms with E-state index in [4.69, 9.17) is 37.4 Å². The van der Waals surface area contributed by atoms with Gasteiger partial charge in [-0.2, -0.15) is 5.26 Å². The average Bonchev–Trinajstić information content (AvgIpc) is 3.30. The van der Waals surface area contributed by atoms with Crippen molar-refractivity contribution in [1.82, 2.24) is 0 Å². The van der Waals surface area contributed by atoms with E-state index in [1.807, 2.05) is 13.0 Å². The number of thiophene rings is 1. The number of anilines is 1. The van der Waals surface area contributed by atoms with Gasteiger partial charge in [-0.05, 0) is 81.0 Å². The van der Waals surface area contributed by atoms with Gasteiger partial charge in [0.05, 0.1) is 18.8 Å². The van der Waals surface area contributed by atoms with Crippen molar-refractivity contribution in [2.24, 2.45) is 0 Å². The molecule has 0 aliphatic heterocycles. The summed E-state index contributed by atoms with van der Waals surface area (Å²) in [5.41, 5.74) is 2.55. The van der Waals surface area contributed by atoms with Gasteiger partial charge in [-0.15, -0.1) is 11.3 Å². The maximum Gasteiger partial charge on any atom is 0.341 e. The lowest BCUT2D eigenvalue weighted by molar-refractivity contribution is -0.112.